The van der Waals surface area contributed by atoms with Crippen LogP contribution in [0.3, 0.4) is 0 Å². The highest BCUT2D eigenvalue weighted by Gasteiger charge is 2.49. The first-order chi connectivity index (χ1) is 15.7. The van der Waals surface area contributed by atoms with Crippen LogP contribution >= 0.6 is 0 Å². The van der Waals surface area contributed by atoms with E-state index in [4.69, 9.17) is 9.47 Å². The van der Waals surface area contributed by atoms with Crippen LogP contribution in [0.25, 0.3) is 0 Å². The van der Waals surface area contributed by atoms with Crippen molar-refractivity contribution in [3.8, 4) is 0 Å². The summed E-state index contributed by atoms with van der Waals surface area (Å²) in [6.45, 7) is 21.9. The number of hydrogen-bond acceptors (Lipinski definition) is 6. The molecule has 0 aromatic rings. The molecule has 2 rings (SSSR count). The Kier molecular flexibility index (Phi) is 9.29. The summed E-state index contributed by atoms with van der Waals surface area (Å²) in [7, 11) is 0. The maximum atomic E-state index is 12.8. The molecule has 0 aromatic heterocycles. The van der Waals surface area contributed by atoms with Crippen LogP contribution in [0.1, 0.15) is 121 Å². The average molecular weight is 481 g/mol. The molecule has 2 fully saturated rings. The molecule has 0 amide bonds. The van der Waals surface area contributed by atoms with Gasteiger partial charge in [0.1, 0.15) is 12.2 Å². The summed E-state index contributed by atoms with van der Waals surface area (Å²) >= 11 is 0. The molecule has 198 valence electrons. The molecule has 0 bridgehead atoms. The number of esters is 2. The van der Waals surface area contributed by atoms with Crippen molar-refractivity contribution in [2.75, 3.05) is 0 Å². The molecule has 8 unspecified atom stereocenters. The molecule has 0 radical (unpaired) electrons. The Labute approximate surface area is 208 Å². The molecule has 0 spiro atoms. The van der Waals surface area contributed by atoms with Crippen molar-refractivity contribution >= 4 is 11.9 Å². The van der Waals surface area contributed by atoms with Crippen LogP contribution in [0.5, 0.6) is 0 Å². The van der Waals surface area contributed by atoms with Gasteiger partial charge < -0.3 is 20.1 Å². The second kappa shape index (κ2) is 10.9. The zero-order valence-corrected chi connectivity index (χ0v) is 23.6. The van der Waals surface area contributed by atoms with E-state index in [1.165, 1.54) is 0 Å². The first-order valence-corrected chi connectivity index (χ1v) is 13.7. The summed E-state index contributed by atoms with van der Waals surface area (Å²) in [5, 5.41) is 7.62. The second-order valence-electron chi connectivity index (χ2n) is 12.2. The summed E-state index contributed by atoms with van der Waals surface area (Å²) in [5.74, 6) is -0.213. The Bertz CT molecular complexity index is 669. The maximum Gasteiger partial charge on any atom is 0.306 e. The van der Waals surface area contributed by atoms with E-state index in [0.29, 0.717) is 0 Å². The summed E-state index contributed by atoms with van der Waals surface area (Å²) in [5.41, 5.74) is -0.305. The van der Waals surface area contributed by atoms with Gasteiger partial charge in [-0.2, -0.15) is 0 Å². The minimum Gasteiger partial charge on any atom is -0.462 e. The van der Waals surface area contributed by atoms with Gasteiger partial charge in [-0.15, -0.1) is 0 Å². The van der Waals surface area contributed by atoms with Crippen LogP contribution in [0.2, 0.25) is 0 Å². The van der Waals surface area contributed by atoms with E-state index in [9.17, 15) is 9.59 Å². The van der Waals surface area contributed by atoms with E-state index in [2.05, 4.69) is 79.9 Å². The Morgan fingerprint density at radius 2 is 1.00 bits per heavy atom. The molecule has 0 aromatic carbocycles. The number of ether oxygens (including phenoxy) is 2. The lowest BCUT2D eigenvalue weighted by Gasteiger charge is -2.53. The standard InChI is InChI=1S/C28H52N2O4/c1-11-25(7)17-21(19(5)27(9,13-3)29-25)33-23(31)15-16-24(32)34-22-18-26(8,12-2)30-28(10,14-4)20(22)6/h19-22,29-30H,11-18H2,1-10H3. The van der Waals surface area contributed by atoms with Gasteiger partial charge in [-0.1, -0.05) is 41.5 Å². The molecule has 6 nitrogen and oxygen atoms in total. The quantitative estimate of drug-likeness (QED) is 0.423. The van der Waals surface area contributed by atoms with Gasteiger partial charge >= 0.3 is 11.9 Å². The van der Waals surface area contributed by atoms with Crippen LogP contribution in [0.4, 0.5) is 0 Å². The van der Waals surface area contributed by atoms with E-state index in [-0.39, 0.29) is 71.0 Å². The fourth-order valence-corrected chi connectivity index (χ4v) is 6.00. The van der Waals surface area contributed by atoms with Gasteiger partial charge in [-0.25, -0.2) is 0 Å². The monoisotopic (exact) mass is 480 g/mol. The van der Waals surface area contributed by atoms with E-state index in [1.807, 2.05) is 0 Å². The van der Waals surface area contributed by atoms with Crippen molar-refractivity contribution in [1.29, 1.82) is 0 Å². The lowest BCUT2D eigenvalue weighted by Crippen LogP contribution is -2.66. The molecule has 8 atom stereocenters. The zero-order valence-electron chi connectivity index (χ0n) is 23.6. The predicted molar refractivity (Wildman–Crippen MR) is 138 cm³/mol. The average Bonchev–Trinajstić information content (AvgIpc) is 2.79. The van der Waals surface area contributed by atoms with Gasteiger partial charge in [0.15, 0.2) is 0 Å². The number of carbonyl (C=O) groups is 2. The summed E-state index contributed by atoms with van der Waals surface area (Å²) < 4.78 is 11.9. The third-order valence-corrected chi connectivity index (χ3v) is 9.73. The van der Waals surface area contributed by atoms with Crippen LogP contribution < -0.4 is 10.6 Å². The molecule has 2 N–H and O–H groups in total. The molecule has 0 aliphatic carbocycles. The normalized spacial score (nSPS) is 42.8. The highest BCUT2D eigenvalue weighted by molar-refractivity contribution is 5.77. The fourth-order valence-electron chi connectivity index (χ4n) is 6.00. The van der Waals surface area contributed by atoms with Crippen molar-refractivity contribution in [2.45, 2.75) is 155 Å². The largest absolute Gasteiger partial charge is 0.462 e. The van der Waals surface area contributed by atoms with E-state index < -0.39 is 0 Å². The number of nitrogens with one attached hydrogen (secondary N) is 2. The van der Waals surface area contributed by atoms with Crippen molar-refractivity contribution in [3.05, 3.63) is 0 Å². The van der Waals surface area contributed by atoms with Gasteiger partial charge in [0.25, 0.3) is 0 Å². The minimum atomic E-state index is -0.303. The van der Waals surface area contributed by atoms with Crippen LogP contribution in [-0.2, 0) is 19.1 Å². The minimum absolute atomic E-state index is 0.0653. The van der Waals surface area contributed by atoms with Crippen molar-refractivity contribution < 1.29 is 19.1 Å². The number of rotatable bonds is 9. The van der Waals surface area contributed by atoms with Gasteiger partial charge in [0.2, 0.25) is 0 Å². The molecule has 2 heterocycles. The molecule has 6 heteroatoms. The number of piperidine rings is 2. The summed E-state index contributed by atoms with van der Waals surface area (Å²) in [6.07, 6.45) is 5.27. The highest BCUT2D eigenvalue weighted by atomic mass is 16.6. The van der Waals surface area contributed by atoms with Crippen molar-refractivity contribution in [2.24, 2.45) is 11.8 Å². The molecular weight excluding hydrogens is 428 g/mol. The van der Waals surface area contributed by atoms with E-state index in [1.54, 1.807) is 0 Å². The van der Waals surface area contributed by atoms with Crippen molar-refractivity contribution in [3.63, 3.8) is 0 Å². The van der Waals surface area contributed by atoms with Crippen LogP contribution in [0.15, 0.2) is 0 Å². The summed E-state index contributed by atoms with van der Waals surface area (Å²) in [4.78, 5) is 25.5. The first-order valence-electron chi connectivity index (χ1n) is 13.7. The predicted octanol–water partition coefficient (Wildman–Crippen LogP) is 5.52. The number of hydrogen-bond donors (Lipinski definition) is 2. The van der Waals surface area contributed by atoms with Gasteiger partial charge in [-0.3, -0.25) is 9.59 Å². The molecule has 2 aliphatic rings. The Morgan fingerprint density at radius 1 is 0.676 bits per heavy atom. The SMILES string of the molecule is CCC1(C)CC(OC(=O)CCC(=O)OC2CC(C)(CC)NC(C)(CC)C2C)C(C)C(C)(CC)N1. The Balaban J connectivity index is 1.96. The first kappa shape index (κ1) is 29.1. The maximum absolute atomic E-state index is 12.8. The fraction of sp³-hybridized carbons (Fsp3) is 0.929. The van der Waals surface area contributed by atoms with E-state index >= 15 is 0 Å². The third-order valence-electron chi connectivity index (χ3n) is 9.73. The van der Waals surface area contributed by atoms with E-state index in [0.717, 1.165) is 38.5 Å². The Hall–Kier alpha value is -1.14. The third kappa shape index (κ3) is 6.34. The lowest BCUT2D eigenvalue weighted by molar-refractivity contribution is -0.166. The molecule has 2 saturated heterocycles. The number of carbonyl (C=O) groups excluding carboxylic acids is 2. The van der Waals surface area contributed by atoms with Crippen LogP contribution in [0, 0.1) is 11.8 Å². The molecule has 0 saturated carbocycles. The Morgan fingerprint density at radius 3 is 1.26 bits per heavy atom. The van der Waals surface area contributed by atoms with Gasteiger partial charge in [0.05, 0.1) is 12.8 Å². The highest BCUT2D eigenvalue weighted by Crippen LogP contribution is 2.40. The van der Waals surface area contributed by atoms with Gasteiger partial charge in [0, 0.05) is 46.8 Å². The topological polar surface area (TPSA) is 76.7 Å². The van der Waals surface area contributed by atoms with Crippen LogP contribution in [-0.4, -0.2) is 46.3 Å². The molecular formula is C28H52N2O4. The van der Waals surface area contributed by atoms with Gasteiger partial charge in [-0.05, 0) is 53.4 Å². The zero-order chi connectivity index (χ0) is 25.9. The second-order valence-corrected chi connectivity index (χ2v) is 12.2. The smallest absolute Gasteiger partial charge is 0.306 e. The van der Waals surface area contributed by atoms with Crippen molar-refractivity contribution in [1.82, 2.24) is 10.6 Å². The molecule has 2 aliphatic heterocycles. The lowest BCUT2D eigenvalue weighted by atomic mass is 9.70. The molecule has 34 heavy (non-hydrogen) atoms. The summed E-state index contributed by atoms with van der Waals surface area (Å²) in [6, 6.07) is 0.